The third kappa shape index (κ3) is 4.69. The van der Waals surface area contributed by atoms with E-state index >= 15 is 0 Å². The molecule has 0 radical (unpaired) electrons. The van der Waals surface area contributed by atoms with Crippen molar-refractivity contribution < 1.29 is 4.79 Å². The molecule has 0 bridgehead atoms. The van der Waals surface area contributed by atoms with Crippen molar-refractivity contribution in [3.63, 3.8) is 0 Å². The van der Waals surface area contributed by atoms with Crippen molar-refractivity contribution in [3.8, 4) is 0 Å². The Bertz CT molecular complexity index is 683. The number of piperidine rings is 1. The predicted molar refractivity (Wildman–Crippen MR) is 98.9 cm³/mol. The minimum Gasteiger partial charge on any atom is -0.350 e. The molecule has 2 atom stereocenters. The van der Waals surface area contributed by atoms with Crippen molar-refractivity contribution >= 4 is 5.91 Å². The first-order chi connectivity index (χ1) is 12.1. The van der Waals surface area contributed by atoms with Crippen LogP contribution in [0.1, 0.15) is 43.9 Å². The van der Waals surface area contributed by atoms with Crippen LogP contribution in [0.3, 0.4) is 0 Å². The molecule has 5 nitrogen and oxygen atoms in total. The first-order valence-electron chi connectivity index (χ1n) is 9.18. The minimum atomic E-state index is -0.252. The summed E-state index contributed by atoms with van der Waals surface area (Å²) in [4.78, 5) is 18.9. The van der Waals surface area contributed by atoms with Crippen molar-refractivity contribution in [3.05, 3.63) is 54.1 Å². The SMILES string of the molecule is C[C@H]1CCCN(Cc2ccccc2CNC(=O)[C@@H](C)n2ccnc2)C1. The summed E-state index contributed by atoms with van der Waals surface area (Å²) >= 11 is 0. The summed E-state index contributed by atoms with van der Waals surface area (Å²) in [6, 6.07) is 8.17. The van der Waals surface area contributed by atoms with E-state index in [0.29, 0.717) is 6.54 Å². The van der Waals surface area contributed by atoms with Crippen LogP contribution < -0.4 is 5.32 Å². The number of nitrogens with one attached hydrogen (secondary N) is 1. The summed E-state index contributed by atoms with van der Waals surface area (Å²) in [7, 11) is 0. The Balaban J connectivity index is 1.60. The first-order valence-corrected chi connectivity index (χ1v) is 9.18. The van der Waals surface area contributed by atoms with E-state index in [9.17, 15) is 4.79 Å². The van der Waals surface area contributed by atoms with E-state index in [1.165, 1.54) is 37.1 Å². The van der Waals surface area contributed by atoms with Gasteiger partial charge in [-0.2, -0.15) is 0 Å². The monoisotopic (exact) mass is 340 g/mol. The molecule has 0 spiro atoms. The smallest absolute Gasteiger partial charge is 0.243 e. The number of hydrogen-bond donors (Lipinski definition) is 1. The third-order valence-corrected chi connectivity index (χ3v) is 5.06. The molecule has 2 heterocycles. The van der Waals surface area contributed by atoms with Crippen LogP contribution >= 0.6 is 0 Å². The van der Waals surface area contributed by atoms with E-state index in [2.05, 4.69) is 40.3 Å². The standard InChI is InChI=1S/C20H28N4O/c1-16-6-5-10-23(13-16)14-19-8-4-3-7-18(19)12-22-20(25)17(2)24-11-9-21-15-24/h3-4,7-9,11,15-17H,5-6,10,12-14H2,1-2H3,(H,22,25)/t16-,17+/m0/s1. The number of likely N-dealkylation sites (tertiary alicyclic amines) is 1. The van der Waals surface area contributed by atoms with Crippen LogP contribution in [0.25, 0.3) is 0 Å². The van der Waals surface area contributed by atoms with Gasteiger partial charge in [-0.05, 0) is 43.4 Å². The lowest BCUT2D eigenvalue weighted by atomic mass is 9.99. The second-order valence-electron chi connectivity index (χ2n) is 7.15. The Kier molecular flexibility index (Phi) is 5.87. The Labute approximate surface area is 150 Å². The van der Waals surface area contributed by atoms with E-state index in [4.69, 9.17) is 0 Å². The molecule has 1 aromatic carbocycles. The third-order valence-electron chi connectivity index (χ3n) is 5.06. The topological polar surface area (TPSA) is 50.2 Å². The number of carbonyl (C=O) groups is 1. The highest BCUT2D eigenvalue weighted by Crippen LogP contribution is 2.19. The fourth-order valence-electron chi connectivity index (χ4n) is 3.52. The number of amides is 1. The van der Waals surface area contributed by atoms with Crippen LogP contribution in [-0.4, -0.2) is 33.4 Å². The van der Waals surface area contributed by atoms with E-state index in [1.807, 2.05) is 23.8 Å². The molecule has 1 fully saturated rings. The molecule has 0 unspecified atom stereocenters. The molecule has 0 aliphatic carbocycles. The van der Waals surface area contributed by atoms with Gasteiger partial charge < -0.3 is 9.88 Å². The molecule has 1 aliphatic rings. The van der Waals surface area contributed by atoms with Gasteiger partial charge in [-0.1, -0.05) is 31.2 Å². The van der Waals surface area contributed by atoms with E-state index in [1.54, 1.807) is 12.5 Å². The molecule has 1 amide bonds. The van der Waals surface area contributed by atoms with Crippen molar-refractivity contribution in [1.82, 2.24) is 19.8 Å². The zero-order valence-electron chi connectivity index (χ0n) is 15.2. The molecule has 3 rings (SSSR count). The highest BCUT2D eigenvalue weighted by molar-refractivity contribution is 5.79. The second kappa shape index (κ2) is 8.30. The van der Waals surface area contributed by atoms with Crippen LogP contribution in [0.15, 0.2) is 43.0 Å². The van der Waals surface area contributed by atoms with Gasteiger partial charge in [-0.15, -0.1) is 0 Å². The van der Waals surface area contributed by atoms with E-state index < -0.39 is 0 Å². The lowest BCUT2D eigenvalue weighted by Gasteiger charge is -2.31. The van der Waals surface area contributed by atoms with Gasteiger partial charge in [0.15, 0.2) is 0 Å². The van der Waals surface area contributed by atoms with Gasteiger partial charge in [0.25, 0.3) is 0 Å². The second-order valence-corrected chi connectivity index (χ2v) is 7.15. The van der Waals surface area contributed by atoms with Crippen LogP contribution in [0.4, 0.5) is 0 Å². The van der Waals surface area contributed by atoms with Crippen molar-refractivity contribution in [1.29, 1.82) is 0 Å². The predicted octanol–water partition coefficient (Wildman–Crippen LogP) is 2.99. The van der Waals surface area contributed by atoms with Gasteiger partial charge in [-0.3, -0.25) is 9.69 Å². The number of carbonyl (C=O) groups excluding carboxylic acids is 1. The molecule has 1 saturated heterocycles. The van der Waals surface area contributed by atoms with Crippen LogP contribution in [-0.2, 0) is 17.9 Å². The summed E-state index contributed by atoms with van der Waals surface area (Å²) in [5.74, 6) is 0.788. The molecule has 0 saturated carbocycles. The van der Waals surface area contributed by atoms with Gasteiger partial charge in [0.1, 0.15) is 6.04 Å². The largest absolute Gasteiger partial charge is 0.350 e. The summed E-state index contributed by atoms with van der Waals surface area (Å²) in [6.45, 7) is 8.08. The van der Waals surface area contributed by atoms with E-state index in [0.717, 1.165) is 12.5 Å². The fourth-order valence-corrected chi connectivity index (χ4v) is 3.52. The van der Waals surface area contributed by atoms with Crippen LogP contribution in [0.2, 0.25) is 0 Å². The Morgan fingerprint density at radius 3 is 2.88 bits per heavy atom. The fraction of sp³-hybridized carbons (Fsp3) is 0.500. The average molecular weight is 340 g/mol. The van der Waals surface area contributed by atoms with Crippen LogP contribution in [0, 0.1) is 5.92 Å². The average Bonchev–Trinajstić information content (AvgIpc) is 3.15. The Hall–Kier alpha value is -2.14. The maximum absolute atomic E-state index is 12.4. The van der Waals surface area contributed by atoms with Crippen molar-refractivity contribution in [2.45, 2.75) is 45.8 Å². The van der Waals surface area contributed by atoms with E-state index in [-0.39, 0.29) is 11.9 Å². The lowest BCUT2D eigenvalue weighted by molar-refractivity contribution is -0.124. The molecular weight excluding hydrogens is 312 g/mol. The Morgan fingerprint density at radius 1 is 1.36 bits per heavy atom. The summed E-state index contributed by atoms with van der Waals surface area (Å²) < 4.78 is 1.82. The normalized spacial score (nSPS) is 19.5. The number of benzene rings is 1. The number of aromatic nitrogens is 2. The molecule has 1 aliphatic heterocycles. The molecule has 5 heteroatoms. The highest BCUT2D eigenvalue weighted by atomic mass is 16.2. The van der Waals surface area contributed by atoms with Crippen LogP contribution in [0.5, 0.6) is 0 Å². The maximum atomic E-state index is 12.4. The quantitative estimate of drug-likeness (QED) is 0.879. The van der Waals surface area contributed by atoms with Gasteiger partial charge >= 0.3 is 0 Å². The summed E-state index contributed by atoms with van der Waals surface area (Å²) in [5, 5.41) is 3.07. The summed E-state index contributed by atoms with van der Waals surface area (Å²) in [5.41, 5.74) is 2.51. The van der Waals surface area contributed by atoms with Gasteiger partial charge in [-0.25, -0.2) is 4.98 Å². The molecule has 1 N–H and O–H groups in total. The molecular formula is C20H28N4O. The van der Waals surface area contributed by atoms with Gasteiger partial charge in [0.05, 0.1) is 6.33 Å². The zero-order valence-corrected chi connectivity index (χ0v) is 15.2. The number of hydrogen-bond acceptors (Lipinski definition) is 3. The number of rotatable bonds is 6. The maximum Gasteiger partial charge on any atom is 0.243 e. The van der Waals surface area contributed by atoms with Crippen molar-refractivity contribution in [2.75, 3.05) is 13.1 Å². The number of nitrogens with zero attached hydrogens (tertiary/aromatic N) is 3. The van der Waals surface area contributed by atoms with Gasteiger partial charge in [0.2, 0.25) is 5.91 Å². The zero-order chi connectivity index (χ0) is 17.6. The highest BCUT2D eigenvalue weighted by Gasteiger charge is 2.18. The molecule has 25 heavy (non-hydrogen) atoms. The minimum absolute atomic E-state index is 0.0133. The lowest BCUT2D eigenvalue weighted by Crippen LogP contribution is -2.34. The molecule has 1 aromatic heterocycles. The molecule has 2 aromatic rings. The van der Waals surface area contributed by atoms with Crippen molar-refractivity contribution in [2.24, 2.45) is 5.92 Å². The number of imidazole rings is 1. The first kappa shape index (κ1) is 17.7. The Morgan fingerprint density at radius 2 is 2.16 bits per heavy atom. The summed E-state index contributed by atoms with van der Waals surface area (Å²) in [6.07, 6.45) is 7.80. The molecule has 134 valence electrons. The van der Waals surface area contributed by atoms with Gasteiger partial charge in [0, 0.05) is 32.0 Å².